The van der Waals surface area contributed by atoms with Gasteiger partial charge < -0.3 is 9.47 Å². The van der Waals surface area contributed by atoms with Crippen LogP contribution in [0.15, 0.2) is 24.4 Å². The topological polar surface area (TPSA) is 53.4 Å². The third-order valence-corrected chi connectivity index (χ3v) is 3.39. The molecule has 0 saturated heterocycles. The summed E-state index contributed by atoms with van der Waals surface area (Å²) < 4.78 is 11.8. The molecule has 112 valence electrons. The number of ketones is 1. The summed E-state index contributed by atoms with van der Waals surface area (Å²) in [4.78, 5) is 12.8. The first-order valence-electron chi connectivity index (χ1n) is 6.48. The van der Waals surface area contributed by atoms with Crippen molar-refractivity contribution in [1.82, 2.24) is 9.78 Å². The molecule has 0 N–H and O–H groups in total. The molecule has 2 aromatic rings. The molecule has 5 nitrogen and oxygen atoms in total. The van der Waals surface area contributed by atoms with Crippen LogP contribution in [-0.4, -0.2) is 36.4 Å². The van der Waals surface area contributed by atoms with Crippen LogP contribution in [-0.2, 0) is 11.3 Å². The second kappa shape index (κ2) is 6.74. The van der Waals surface area contributed by atoms with E-state index < -0.39 is 0 Å². The van der Waals surface area contributed by atoms with Gasteiger partial charge in [0, 0.05) is 7.11 Å². The van der Waals surface area contributed by atoms with E-state index in [1.54, 1.807) is 23.9 Å². The monoisotopic (exact) mass is 308 g/mol. The number of carbonyl (C=O) groups excluding carboxylic acids is 1. The largest absolute Gasteiger partial charge is 0.496 e. The average molecular weight is 309 g/mol. The van der Waals surface area contributed by atoms with E-state index in [1.165, 1.54) is 13.3 Å². The van der Waals surface area contributed by atoms with E-state index in [0.29, 0.717) is 35.2 Å². The van der Waals surface area contributed by atoms with Gasteiger partial charge in [-0.15, -0.1) is 0 Å². The molecule has 0 amide bonds. The van der Waals surface area contributed by atoms with Gasteiger partial charge in [-0.2, -0.15) is 5.10 Å². The Hall–Kier alpha value is -1.85. The molecule has 0 fully saturated rings. The van der Waals surface area contributed by atoms with Crippen LogP contribution in [0.3, 0.4) is 0 Å². The third-order valence-electron chi connectivity index (χ3n) is 3.12. The van der Waals surface area contributed by atoms with E-state index in [1.807, 2.05) is 13.0 Å². The zero-order chi connectivity index (χ0) is 15.4. The molecule has 0 aliphatic rings. The lowest BCUT2D eigenvalue weighted by Crippen LogP contribution is -2.15. The number of hydrogen-bond donors (Lipinski definition) is 0. The first kappa shape index (κ1) is 15.5. The zero-order valence-electron chi connectivity index (χ0n) is 12.2. The lowest BCUT2D eigenvalue weighted by Gasteiger charge is -2.11. The van der Waals surface area contributed by atoms with Gasteiger partial charge in [0.25, 0.3) is 0 Å². The maximum absolute atomic E-state index is 12.8. The van der Waals surface area contributed by atoms with Gasteiger partial charge in [0.1, 0.15) is 11.4 Å². The van der Waals surface area contributed by atoms with Crippen molar-refractivity contribution in [3.63, 3.8) is 0 Å². The minimum absolute atomic E-state index is 0.214. The SMILES string of the molecule is COCCn1ncc(Cl)c1C(=O)c1cc(C)ccc1OC. The Morgan fingerprint density at radius 2 is 2.14 bits per heavy atom. The molecule has 1 aromatic heterocycles. The number of aromatic nitrogens is 2. The summed E-state index contributed by atoms with van der Waals surface area (Å²) in [5.41, 5.74) is 1.79. The maximum Gasteiger partial charge on any atom is 0.216 e. The highest BCUT2D eigenvalue weighted by Crippen LogP contribution is 2.26. The Morgan fingerprint density at radius 3 is 2.81 bits per heavy atom. The first-order valence-corrected chi connectivity index (χ1v) is 6.86. The van der Waals surface area contributed by atoms with Gasteiger partial charge in [0.05, 0.1) is 37.0 Å². The molecule has 2 rings (SSSR count). The van der Waals surface area contributed by atoms with Crippen molar-refractivity contribution in [1.29, 1.82) is 0 Å². The van der Waals surface area contributed by atoms with E-state index in [9.17, 15) is 4.79 Å². The van der Waals surface area contributed by atoms with Gasteiger partial charge in [0.15, 0.2) is 0 Å². The quantitative estimate of drug-likeness (QED) is 0.770. The van der Waals surface area contributed by atoms with Gasteiger partial charge in [-0.05, 0) is 19.1 Å². The van der Waals surface area contributed by atoms with Crippen LogP contribution >= 0.6 is 11.6 Å². The fraction of sp³-hybridized carbons (Fsp3) is 0.333. The molecule has 1 heterocycles. The molecule has 0 radical (unpaired) electrons. The molecule has 21 heavy (non-hydrogen) atoms. The van der Waals surface area contributed by atoms with E-state index in [-0.39, 0.29) is 5.78 Å². The Morgan fingerprint density at radius 1 is 1.38 bits per heavy atom. The number of ether oxygens (including phenoxy) is 2. The molecule has 0 atom stereocenters. The number of methoxy groups -OCH3 is 2. The number of rotatable bonds is 6. The van der Waals surface area contributed by atoms with E-state index in [0.717, 1.165) is 5.56 Å². The summed E-state index contributed by atoms with van der Waals surface area (Å²) >= 11 is 6.12. The standard InChI is InChI=1S/C15H17ClN2O3/c1-10-4-5-13(21-3)11(8-10)15(19)14-12(16)9-17-18(14)6-7-20-2/h4-5,8-9H,6-7H2,1-3H3. The highest BCUT2D eigenvalue weighted by Gasteiger charge is 2.22. The van der Waals surface area contributed by atoms with Crippen molar-refractivity contribution in [2.75, 3.05) is 20.8 Å². The highest BCUT2D eigenvalue weighted by atomic mass is 35.5. The summed E-state index contributed by atoms with van der Waals surface area (Å²) in [5, 5.41) is 4.44. The van der Waals surface area contributed by atoms with Crippen LogP contribution in [0.2, 0.25) is 5.02 Å². The normalized spacial score (nSPS) is 10.7. The van der Waals surface area contributed by atoms with Gasteiger partial charge in [-0.3, -0.25) is 9.48 Å². The maximum atomic E-state index is 12.8. The van der Waals surface area contributed by atoms with Crippen molar-refractivity contribution in [3.8, 4) is 5.75 Å². The minimum atomic E-state index is -0.214. The molecule has 0 spiro atoms. The molecule has 6 heteroatoms. The summed E-state index contributed by atoms with van der Waals surface area (Å²) in [5.74, 6) is 0.301. The van der Waals surface area contributed by atoms with E-state index in [4.69, 9.17) is 21.1 Å². The fourth-order valence-electron chi connectivity index (χ4n) is 2.06. The van der Waals surface area contributed by atoms with Gasteiger partial charge >= 0.3 is 0 Å². The highest BCUT2D eigenvalue weighted by molar-refractivity contribution is 6.34. The number of halogens is 1. The van der Waals surface area contributed by atoms with E-state index in [2.05, 4.69) is 5.10 Å². The predicted octanol–water partition coefficient (Wildman–Crippen LogP) is 2.73. The van der Waals surface area contributed by atoms with Gasteiger partial charge in [-0.25, -0.2) is 0 Å². The van der Waals surface area contributed by atoms with Crippen LogP contribution in [0.4, 0.5) is 0 Å². The molecule has 0 bridgehead atoms. The number of nitrogens with zero attached hydrogens (tertiary/aromatic N) is 2. The van der Waals surface area contributed by atoms with Crippen LogP contribution in [0.5, 0.6) is 5.75 Å². The van der Waals surface area contributed by atoms with Crippen molar-refractivity contribution in [3.05, 3.63) is 46.2 Å². The van der Waals surface area contributed by atoms with Crippen LogP contribution in [0, 0.1) is 6.92 Å². The third kappa shape index (κ3) is 3.25. The molecular weight excluding hydrogens is 292 g/mol. The fourth-order valence-corrected chi connectivity index (χ4v) is 2.29. The Balaban J connectivity index is 2.45. The number of aryl methyl sites for hydroxylation is 1. The number of benzene rings is 1. The molecule has 0 saturated carbocycles. The smallest absolute Gasteiger partial charge is 0.216 e. The van der Waals surface area contributed by atoms with Crippen LogP contribution in [0.1, 0.15) is 21.6 Å². The number of hydrogen-bond acceptors (Lipinski definition) is 4. The summed E-state index contributed by atoms with van der Waals surface area (Å²) in [6.45, 7) is 2.82. The Kier molecular flexibility index (Phi) is 4.98. The second-order valence-corrected chi connectivity index (χ2v) is 5.00. The van der Waals surface area contributed by atoms with Gasteiger partial charge in [0.2, 0.25) is 5.78 Å². The molecule has 0 unspecified atom stereocenters. The number of carbonyl (C=O) groups is 1. The Labute approximate surface area is 128 Å². The molecule has 0 aliphatic carbocycles. The van der Waals surface area contributed by atoms with Crippen molar-refractivity contribution < 1.29 is 14.3 Å². The molecular formula is C15H17ClN2O3. The van der Waals surface area contributed by atoms with Crippen LogP contribution in [0.25, 0.3) is 0 Å². The molecule has 1 aromatic carbocycles. The predicted molar refractivity (Wildman–Crippen MR) is 80.3 cm³/mol. The summed E-state index contributed by atoms with van der Waals surface area (Å²) in [6, 6.07) is 5.44. The summed E-state index contributed by atoms with van der Waals surface area (Å²) in [6.07, 6.45) is 1.47. The lowest BCUT2D eigenvalue weighted by molar-refractivity contribution is 0.102. The van der Waals surface area contributed by atoms with E-state index >= 15 is 0 Å². The van der Waals surface area contributed by atoms with Crippen molar-refractivity contribution in [2.24, 2.45) is 0 Å². The van der Waals surface area contributed by atoms with Crippen LogP contribution < -0.4 is 4.74 Å². The minimum Gasteiger partial charge on any atom is -0.496 e. The second-order valence-electron chi connectivity index (χ2n) is 4.59. The molecule has 0 aliphatic heterocycles. The summed E-state index contributed by atoms with van der Waals surface area (Å²) in [7, 11) is 3.13. The van der Waals surface area contributed by atoms with Crippen molar-refractivity contribution >= 4 is 17.4 Å². The Bertz CT molecular complexity index is 652. The van der Waals surface area contributed by atoms with Gasteiger partial charge in [-0.1, -0.05) is 23.2 Å². The average Bonchev–Trinajstić information content (AvgIpc) is 2.85. The first-order chi connectivity index (χ1) is 10.1. The van der Waals surface area contributed by atoms with Crippen molar-refractivity contribution in [2.45, 2.75) is 13.5 Å². The zero-order valence-corrected chi connectivity index (χ0v) is 13.0. The lowest BCUT2D eigenvalue weighted by atomic mass is 10.0.